The first-order chi connectivity index (χ1) is 13.3. The van der Waals surface area contributed by atoms with E-state index < -0.39 is 16.4 Å². The van der Waals surface area contributed by atoms with Crippen LogP contribution in [0.15, 0.2) is 47.6 Å². The van der Waals surface area contributed by atoms with E-state index in [0.29, 0.717) is 17.0 Å². The average molecular weight is 379 g/mol. The molecular formula is C20H17N3O5. The monoisotopic (exact) mass is 379 g/mol. The maximum Gasteiger partial charge on any atom is 0.281 e. The summed E-state index contributed by atoms with van der Waals surface area (Å²) >= 11 is 0. The number of hydrogen-bond donors (Lipinski definition) is 0. The summed E-state index contributed by atoms with van der Waals surface area (Å²) in [6.07, 6.45) is -0.0400. The highest BCUT2D eigenvalue weighted by Gasteiger charge is 2.58. The minimum absolute atomic E-state index is 0.0767. The number of anilines is 1. The van der Waals surface area contributed by atoms with Crippen molar-refractivity contribution in [2.75, 3.05) is 4.90 Å². The molecule has 0 saturated carbocycles. The molecule has 2 aromatic carbocycles. The van der Waals surface area contributed by atoms with Crippen LogP contribution in [0.25, 0.3) is 0 Å². The number of aryl methyl sites for hydroxylation is 2. The number of nitro benzene ring substituents is 1. The molecule has 0 N–H and O–H groups in total. The number of imide groups is 1. The Balaban J connectivity index is 1.65. The molecule has 2 amide bonds. The third kappa shape index (κ3) is 2.65. The van der Waals surface area contributed by atoms with Gasteiger partial charge in [-0.25, -0.2) is 4.90 Å². The molecule has 1 fully saturated rings. The quantitative estimate of drug-likeness (QED) is 0.463. The zero-order valence-corrected chi connectivity index (χ0v) is 15.3. The van der Waals surface area contributed by atoms with E-state index in [-0.39, 0.29) is 24.4 Å². The molecule has 0 aromatic heterocycles. The Kier molecular flexibility index (Phi) is 3.99. The maximum absolute atomic E-state index is 13.2. The fourth-order valence-electron chi connectivity index (χ4n) is 3.74. The largest absolute Gasteiger partial charge is 0.378 e. The molecule has 0 radical (unpaired) electrons. The molecule has 8 nitrogen and oxygen atoms in total. The number of benzene rings is 2. The number of carbonyl (C=O) groups excluding carboxylic acids is 2. The minimum atomic E-state index is -1.40. The Morgan fingerprint density at radius 1 is 1.11 bits per heavy atom. The Bertz CT molecular complexity index is 1040. The van der Waals surface area contributed by atoms with Crippen LogP contribution >= 0.6 is 0 Å². The van der Waals surface area contributed by atoms with Crippen LogP contribution in [0.3, 0.4) is 0 Å². The normalized spacial score (nSPS) is 21.2. The van der Waals surface area contributed by atoms with E-state index in [9.17, 15) is 19.7 Å². The van der Waals surface area contributed by atoms with Gasteiger partial charge in [0, 0.05) is 24.1 Å². The molecule has 1 unspecified atom stereocenters. The fraction of sp³-hybridized carbons (Fsp3) is 0.250. The SMILES string of the molecule is Cc1cccc(C)c1N1C(=O)CC2(CC(c3cccc([N+](=O)[O-])c3)=NO2)C1=O. The van der Waals surface area contributed by atoms with E-state index in [2.05, 4.69) is 5.16 Å². The molecule has 1 atom stereocenters. The first-order valence-corrected chi connectivity index (χ1v) is 8.76. The highest BCUT2D eigenvalue weighted by atomic mass is 16.7. The third-order valence-electron chi connectivity index (χ3n) is 5.12. The standard InChI is InChI=1S/C20H17N3O5/c1-12-5-3-6-13(2)18(12)22-17(24)11-20(19(22)25)10-16(21-28-20)14-7-4-8-15(9-14)23(26)27/h3-9H,10-11H2,1-2H3. The second kappa shape index (κ2) is 6.26. The van der Waals surface area contributed by atoms with E-state index in [1.807, 2.05) is 32.0 Å². The molecular weight excluding hydrogens is 362 g/mol. The van der Waals surface area contributed by atoms with Crippen molar-refractivity contribution in [3.8, 4) is 0 Å². The van der Waals surface area contributed by atoms with Crippen molar-refractivity contribution in [3.63, 3.8) is 0 Å². The summed E-state index contributed by atoms with van der Waals surface area (Å²) in [4.78, 5) is 43.1. The van der Waals surface area contributed by atoms with Crippen molar-refractivity contribution in [2.45, 2.75) is 32.3 Å². The summed E-state index contributed by atoms with van der Waals surface area (Å²) in [6, 6.07) is 11.5. The van der Waals surface area contributed by atoms with Crippen molar-refractivity contribution in [1.29, 1.82) is 0 Å². The van der Waals surface area contributed by atoms with Gasteiger partial charge in [0.25, 0.3) is 11.6 Å². The van der Waals surface area contributed by atoms with Crippen LogP contribution in [-0.4, -0.2) is 28.1 Å². The predicted octanol–water partition coefficient (Wildman–Crippen LogP) is 3.04. The number of amides is 2. The van der Waals surface area contributed by atoms with Gasteiger partial charge in [-0.15, -0.1) is 0 Å². The van der Waals surface area contributed by atoms with Crippen LogP contribution in [0.4, 0.5) is 11.4 Å². The van der Waals surface area contributed by atoms with E-state index >= 15 is 0 Å². The van der Waals surface area contributed by atoms with Crippen molar-refractivity contribution in [3.05, 3.63) is 69.3 Å². The Morgan fingerprint density at radius 3 is 2.46 bits per heavy atom. The zero-order valence-electron chi connectivity index (χ0n) is 15.3. The van der Waals surface area contributed by atoms with Crippen molar-refractivity contribution in [2.24, 2.45) is 5.16 Å². The third-order valence-corrected chi connectivity index (χ3v) is 5.12. The molecule has 0 bridgehead atoms. The number of nitro groups is 1. The van der Waals surface area contributed by atoms with Gasteiger partial charge in [0.05, 0.1) is 22.7 Å². The van der Waals surface area contributed by atoms with Crippen LogP contribution in [0.2, 0.25) is 0 Å². The maximum atomic E-state index is 13.2. The van der Waals surface area contributed by atoms with Gasteiger partial charge in [-0.05, 0) is 25.0 Å². The van der Waals surface area contributed by atoms with Gasteiger partial charge < -0.3 is 4.84 Å². The smallest absolute Gasteiger partial charge is 0.281 e. The van der Waals surface area contributed by atoms with Gasteiger partial charge in [-0.2, -0.15) is 0 Å². The molecule has 0 aliphatic carbocycles. The summed E-state index contributed by atoms with van der Waals surface area (Å²) in [7, 11) is 0. The number of carbonyl (C=O) groups is 2. The van der Waals surface area contributed by atoms with Crippen LogP contribution in [-0.2, 0) is 14.4 Å². The van der Waals surface area contributed by atoms with E-state index in [4.69, 9.17) is 4.84 Å². The van der Waals surface area contributed by atoms with Gasteiger partial charge in [-0.1, -0.05) is 35.5 Å². The highest BCUT2D eigenvalue weighted by Crippen LogP contribution is 2.41. The minimum Gasteiger partial charge on any atom is -0.378 e. The van der Waals surface area contributed by atoms with Crippen molar-refractivity contribution < 1.29 is 19.3 Å². The lowest BCUT2D eigenvalue weighted by molar-refractivity contribution is -0.384. The molecule has 28 heavy (non-hydrogen) atoms. The van der Waals surface area contributed by atoms with Gasteiger partial charge in [-0.3, -0.25) is 19.7 Å². The Labute approximate surface area is 160 Å². The van der Waals surface area contributed by atoms with Crippen molar-refractivity contribution in [1.82, 2.24) is 0 Å². The molecule has 2 aliphatic heterocycles. The van der Waals surface area contributed by atoms with Crippen LogP contribution in [0, 0.1) is 24.0 Å². The Hall–Kier alpha value is -3.55. The first kappa shape index (κ1) is 17.8. The highest BCUT2D eigenvalue weighted by molar-refractivity contribution is 6.26. The molecule has 4 rings (SSSR count). The van der Waals surface area contributed by atoms with Gasteiger partial charge >= 0.3 is 0 Å². The number of oxime groups is 1. The lowest BCUT2D eigenvalue weighted by Gasteiger charge is -2.22. The fourth-order valence-corrected chi connectivity index (χ4v) is 3.74. The second-order valence-electron chi connectivity index (χ2n) is 7.06. The number of non-ortho nitro benzene ring substituents is 1. The van der Waals surface area contributed by atoms with Crippen LogP contribution in [0.5, 0.6) is 0 Å². The summed E-state index contributed by atoms with van der Waals surface area (Å²) in [5, 5.41) is 15.0. The second-order valence-corrected chi connectivity index (χ2v) is 7.06. The molecule has 2 heterocycles. The Morgan fingerprint density at radius 2 is 1.79 bits per heavy atom. The van der Waals surface area contributed by atoms with Crippen LogP contribution in [0.1, 0.15) is 29.5 Å². The predicted molar refractivity (Wildman–Crippen MR) is 101 cm³/mol. The lowest BCUT2D eigenvalue weighted by Crippen LogP contribution is -2.41. The van der Waals surface area contributed by atoms with Gasteiger partial charge in [0.1, 0.15) is 0 Å². The topological polar surface area (TPSA) is 102 Å². The molecule has 1 saturated heterocycles. The number of rotatable bonds is 3. The average Bonchev–Trinajstić information content (AvgIpc) is 3.18. The summed E-state index contributed by atoms with van der Waals surface area (Å²) < 4.78 is 0. The number of nitrogens with zero attached hydrogens (tertiary/aromatic N) is 3. The van der Waals surface area contributed by atoms with E-state index in [1.165, 1.54) is 17.0 Å². The molecule has 142 valence electrons. The summed E-state index contributed by atoms with van der Waals surface area (Å²) in [6.45, 7) is 3.68. The number of hydrogen-bond acceptors (Lipinski definition) is 6. The lowest BCUT2D eigenvalue weighted by atomic mass is 9.92. The number of para-hydroxylation sites is 1. The van der Waals surface area contributed by atoms with E-state index in [0.717, 1.165) is 11.1 Å². The summed E-state index contributed by atoms with van der Waals surface area (Å²) in [5.74, 6) is -0.808. The molecule has 1 spiro atoms. The summed E-state index contributed by atoms with van der Waals surface area (Å²) in [5.41, 5.74) is 1.64. The molecule has 2 aromatic rings. The van der Waals surface area contributed by atoms with Gasteiger partial charge in [0.15, 0.2) is 0 Å². The molecule has 2 aliphatic rings. The first-order valence-electron chi connectivity index (χ1n) is 8.76. The zero-order chi connectivity index (χ0) is 20.1. The molecule has 8 heteroatoms. The van der Waals surface area contributed by atoms with Gasteiger partial charge in [0.2, 0.25) is 11.5 Å². The van der Waals surface area contributed by atoms with E-state index in [1.54, 1.807) is 12.1 Å². The van der Waals surface area contributed by atoms with Crippen LogP contribution < -0.4 is 4.90 Å². The van der Waals surface area contributed by atoms with Crippen molar-refractivity contribution >= 4 is 28.9 Å².